The Balaban J connectivity index is 1.99. The first-order chi connectivity index (χ1) is 7.91. The molecule has 0 heterocycles. The maximum atomic E-state index is 10.8. The summed E-state index contributed by atoms with van der Waals surface area (Å²) >= 11 is 0. The van der Waals surface area contributed by atoms with E-state index in [0.29, 0.717) is 11.3 Å². The van der Waals surface area contributed by atoms with Gasteiger partial charge in [0.25, 0.3) is 0 Å². The normalized spacial score (nSPS) is 31.6. The van der Waals surface area contributed by atoms with Gasteiger partial charge in [0.1, 0.15) is 0 Å². The molecule has 94 valence electrons. The molecular formula is C16H24O. The Bertz CT molecular complexity index is 368. The van der Waals surface area contributed by atoms with Crippen molar-refractivity contribution >= 4 is 0 Å². The highest BCUT2D eigenvalue weighted by atomic mass is 16.3. The Hall–Kier alpha value is -0.820. The maximum Gasteiger partial charge on any atom is 0.0681 e. The number of hydrogen-bond acceptors (Lipinski definition) is 1. The molecule has 0 aromatic heterocycles. The highest BCUT2D eigenvalue weighted by Gasteiger charge is 2.46. The summed E-state index contributed by atoms with van der Waals surface area (Å²) in [5.74, 6) is 0.418. The van der Waals surface area contributed by atoms with Gasteiger partial charge < -0.3 is 5.11 Å². The van der Waals surface area contributed by atoms with Crippen LogP contribution in [0.3, 0.4) is 0 Å². The summed E-state index contributed by atoms with van der Waals surface area (Å²) in [6.07, 6.45) is 3.95. The van der Waals surface area contributed by atoms with Crippen LogP contribution >= 0.6 is 0 Å². The summed E-state index contributed by atoms with van der Waals surface area (Å²) in [5.41, 5.74) is 1.17. The highest BCUT2D eigenvalue weighted by Crippen LogP contribution is 2.49. The van der Waals surface area contributed by atoms with E-state index in [1.54, 1.807) is 0 Å². The van der Waals surface area contributed by atoms with Crippen LogP contribution in [0.2, 0.25) is 0 Å². The zero-order valence-corrected chi connectivity index (χ0v) is 11.2. The lowest BCUT2D eigenvalue weighted by Gasteiger charge is -2.28. The van der Waals surface area contributed by atoms with Gasteiger partial charge >= 0.3 is 0 Å². The van der Waals surface area contributed by atoms with Crippen LogP contribution in [0.1, 0.15) is 45.6 Å². The SMILES string of the molecule is CC1CC(C)(C)CC1(O)CCc1ccccc1. The van der Waals surface area contributed by atoms with Crippen molar-refractivity contribution in [3.63, 3.8) is 0 Å². The van der Waals surface area contributed by atoms with Crippen LogP contribution in [0, 0.1) is 11.3 Å². The molecule has 0 bridgehead atoms. The third-order valence-electron chi connectivity index (χ3n) is 4.25. The van der Waals surface area contributed by atoms with Crippen molar-refractivity contribution in [2.45, 2.75) is 52.1 Å². The van der Waals surface area contributed by atoms with E-state index in [0.717, 1.165) is 25.7 Å². The van der Waals surface area contributed by atoms with E-state index in [9.17, 15) is 5.11 Å². The first-order valence-electron chi connectivity index (χ1n) is 6.68. The van der Waals surface area contributed by atoms with Crippen LogP contribution in [-0.4, -0.2) is 10.7 Å². The topological polar surface area (TPSA) is 20.2 Å². The van der Waals surface area contributed by atoms with Crippen LogP contribution < -0.4 is 0 Å². The van der Waals surface area contributed by atoms with Gasteiger partial charge in [-0.1, -0.05) is 51.1 Å². The molecule has 0 amide bonds. The van der Waals surface area contributed by atoms with E-state index in [4.69, 9.17) is 0 Å². The van der Waals surface area contributed by atoms with Crippen molar-refractivity contribution < 1.29 is 5.11 Å². The molecule has 17 heavy (non-hydrogen) atoms. The Morgan fingerprint density at radius 2 is 1.88 bits per heavy atom. The van der Waals surface area contributed by atoms with Gasteiger partial charge in [-0.25, -0.2) is 0 Å². The first-order valence-corrected chi connectivity index (χ1v) is 6.68. The quantitative estimate of drug-likeness (QED) is 0.840. The lowest BCUT2D eigenvalue weighted by Crippen LogP contribution is -2.32. The second-order valence-corrected chi connectivity index (χ2v) is 6.54. The molecule has 1 aliphatic carbocycles. The van der Waals surface area contributed by atoms with Crippen molar-refractivity contribution in [3.8, 4) is 0 Å². The van der Waals surface area contributed by atoms with E-state index >= 15 is 0 Å². The van der Waals surface area contributed by atoms with Gasteiger partial charge in [0.2, 0.25) is 0 Å². The summed E-state index contributed by atoms with van der Waals surface area (Å²) in [6.45, 7) is 6.73. The van der Waals surface area contributed by atoms with Gasteiger partial charge in [0.15, 0.2) is 0 Å². The Labute approximate surface area is 105 Å². The van der Waals surface area contributed by atoms with Crippen molar-refractivity contribution in [3.05, 3.63) is 35.9 Å². The predicted molar refractivity (Wildman–Crippen MR) is 71.9 cm³/mol. The molecule has 0 aliphatic heterocycles. The molecular weight excluding hydrogens is 208 g/mol. The molecule has 1 fully saturated rings. The minimum atomic E-state index is -0.459. The van der Waals surface area contributed by atoms with Crippen LogP contribution in [0.4, 0.5) is 0 Å². The average Bonchev–Trinajstić information content (AvgIpc) is 2.47. The summed E-state index contributed by atoms with van der Waals surface area (Å²) in [6, 6.07) is 10.5. The third kappa shape index (κ3) is 2.90. The van der Waals surface area contributed by atoms with Crippen molar-refractivity contribution in [1.29, 1.82) is 0 Å². The molecule has 1 heteroatoms. The molecule has 2 rings (SSSR count). The third-order valence-corrected chi connectivity index (χ3v) is 4.25. The molecule has 1 nitrogen and oxygen atoms in total. The maximum absolute atomic E-state index is 10.8. The molecule has 1 aliphatic rings. The molecule has 0 radical (unpaired) electrons. The van der Waals surface area contributed by atoms with Crippen LogP contribution in [-0.2, 0) is 6.42 Å². The van der Waals surface area contributed by atoms with Gasteiger partial charge in [-0.2, -0.15) is 0 Å². The van der Waals surface area contributed by atoms with Crippen molar-refractivity contribution in [1.82, 2.24) is 0 Å². The Kier molecular flexibility index (Phi) is 3.31. The van der Waals surface area contributed by atoms with E-state index in [1.165, 1.54) is 5.56 Å². The molecule has 2 atom stereocenters. The smallest absolute Gasteiger partial charge is 0.0681 e. The summed E-state index contributed by atoms with van der Waals surface area (Å²) < 4.78 is 0. The van der Waals surface area contributed by atoms with Crippen molar-refractivity contribution in [2.75, 3.05) is 0 Å². The molecule has 0 spiro atoms. The van der Waals surface area contributed by atoms with E-state index < -0.39 is 5.60 Å². The zero-order valence-electron chi connectivity index (χ0n) is 11.2. The van der Waals surface area contributed by atoms with E-state index in [2.05, 4.69) is 45.0 Å². The van der Waals surface area contributed by atoms with Crippen LogP contribution in [0.5, 0.6) is 0 Å². The minimum absolute atomic E-state index is 0.296. The molecule has 1 aromatic carbocycles. The zero-order chi connectivity index (χ0) is 12.5. The molecule has 2 unspecified atom stereocenters. The second kappa shape index (κ2) is 4.45. The fraction of sp³-hybridized carbons (Fsp3) is 0.625. The van der Waals surface area contributed by atoms with Crippen LogP contribution in [0.15, 0.2) is 30.3 Å². The fourth-order valence-corrected chi connectivity index (χ4v) is 3.43. The second-order valence-electron chi connectivity index (χ2n) is 6.54. The fourth-order valence-electron chi connectivity index (χ4n) is 3.43. The largest absolute Gasteiger partial charge is 0.390 e. The number of rotatable bonds is 3. The van der Waals surface area contributed by atoms with Gasteiger partial charge in [-0.3, -0.25) is 0 Å². The van der Waals surface area contributed by atoms with Gasteiger partial charge in [0, 0.05) is 0 Å². The average molecular weight is 232 g/mol. The lowest BCUT2D eigenvalue weighted by atomic mass is 9.85. The van der Waals surface area contributed by atoms with Gasteiger partial charge in [-0.15, -0.1) is 0 Å². The van der Waals surface area contributed by atoms with Gasteiger partial charge in [0.05, 0.1) is 5.60 Å². The number of benzene rings is 1. The minimum Gasteiger partial charge on any atom is -0.390 e. The lowest BCUT2D eigenvalue weighted by molar-refractivity contribution is -0.00371. The molecule has 0 saturated heterocycles. The Morgan fingerprint density at radius 1 is 1.24 bits per heavy atom. The molecule has 1 saturated carbocycles. The number of aliphatic hydroxyl groups is 1. The highest BCUT2D eigenvalue weighted by molar-refractivity contribution is 5.15. The summed E-state index contributed by atoms with van der Waals surface area (Å²) in [4.78, 5) is 0. The predicted octanol–water partition coefficient (Wildman–Crippen LogP) is 3.81. The first kappa shape index (κ1) is 12.6. The molecule has 1 N–H and O–H groups in total. The summed E-state index contributed by atoms with van der Waals surface area (Å²) in [5, 5.41) is 10.8. The monoisotopic (exact) mass is 232 g/mol. The summed E-state index contributed by atoms with van der Waals surface area (Å²) in [7, 11) is 0. The Morgan fingerprint density at radius 3 is 2.41 bits per heavy atom. The van der Waals surface area contributed by atoms with E-state index in [-0.39, 0.29) is 0 Å². The standard InChI is InChI=1S/C16H24O/c1-13-11-15(2,3)12-16(13,17)10-9-14-7-5-4-6-8-14/h4-8,13,17H,9-12H2,1-3H3. The number of aryl methyl sites for hydroxylation is 1. The van der Waals surface area contributed by atoms with E-state index in [1.807, 2.05) is 6.07 Å². The van der Waals surface area contributed by atoms with Crippen LogP contribution in [0.25, 0.3) is 0 Å². The number of hydrogen-bond donors (Lipinski definition) is 1. The molecule has 1 aromatic rings. The van der Waals surface area contributed by atoms with Crippen molar-refractivity contribution in [2.24, 2.45) is 11.3 Å². The van der Waals surface area contributed by atoms with Gasteiger partial charge in [-0.05, 0) is 42.6 Å².